The molecule has 0 aliphatic carbocycles. The average Bonchev–Trinajstić information content (AvgIpc) is 2.81. The van der Waals surface area contributed by atoms with Gasteiger partial charge in [0.2, 0.25) is 5.91 Å². The summed E-state index contributed by atoms with van der Waals surface area (Å²) in [4.78, 5) is 38.9. The zero-order valence-corrected chi connectivity index (χ0v) is 19.1. The van der Waals surface area contributed by atoms with Gasteiger partial charge in [-0.05, 0) is 74.6 Å². The van der Waals surface area contributed by atoms with E-state index < -0.39 is 18.0 Å². The van der Waals surface area contributed by atoms with Crippen LogP contribution in [0, 0.1) is 0 Å². The van der Waals surface area contributed by atoms with Crippen LogP contribution < -0.4 is 15.5 Å². The summed E-state index contributed by atoms with van der Waals surface area (Å²) in [7, 11) is 0. The second kappa shape index (κ2) is 11.4. The van der Waals surface area contributed by atoms with Crippen molar-refractivity contribution in [1.29, 1.82) is 0 Å². The van der Waals surface area contributed by atoms with E-state index in [1.807, 2.05) is 25.1 Å². The van der Waals surface area contributed by atoms with Gasteiger partial charge in [-0.1, -0.05) is 12.1 Å². The van der Waals surface area contributed by atoms with E-state index in [4.69, 9.17) is 4.74 Å². The fourth-order valence-corrected chi connectivity index (χ4v) is 4.14. The molecule has 1 fully saturated rings. The minimum Gasteiger partial charge on any atom is -0.478 e. The van der Waals surface area contributed by atoms with Crippen LogP contribution in [0.25, 0.3) is 0 Å². The van der Waals surface area contributed by atoms with Crippen LogP contribution in [0.3, 0.4) is 0 Å². The van der Waals surface area contributed by atoms with Gasteiger partial charge < -0.3 is 20.1 Å². The van der Waals surface area contributed by atoms with Gasteiger partial charge in [-0.25, -0.2) is 9.59 Å². The minimum atomic E-state index is -1.02. The number of ether oxygens (including phenoxy) is 1. The first-order chi connectivity index (χ1) is 15.9. The van der Waals surface area contributed by atoms with Gasteiger partial charge in [-0.3, -0.25) is 10.1 Å². The smallest absolute Gasteiger partial charge is 0.411 e. The fourth-order valence-electron chi connectivity index (χ4n) is 4.14. The molecule has 0 aromatic heterocycles. The number of rotatable bonds is 8. The van der Waals surface area contributed by atoms with Crippen molar-refractivity contribution in [1.82, 2.24) is 5.32 Å². The first kappa shape index (κ1) is 24.1. The molecule has 1 atom stereocenters. The molecular weight excluding hydrogens is 422 g/mol. The molecule has 176 valence electrons. The number of nitrogens with zero attached hydrogens (tertiary/aromatic N) is 1. The van der Waals surface area contributed by atoms with Crippen LogP contribution in [0.15, 0.2) is 42.5 Å². The highest BCUT2D eigenvalue weighted by atomic mass is 16.5. The molecule has 1 saturated heterocycles. The summed E-state index contributed by atoms with van der Waals surface area (Å²) >= 11 is 0. The maximum absolute atomic E-state index is 13.3. The number of amides is 2. The molecule has 1 aliphatic rings. The molecule has 0 bridgehead atoms. The maximum atomic E-state index is 13.3. The van der Waals surface area contributed by atoms with Crippen molar-refractivity contribution in [3.05, 3.63) is 59.2 Å². The lowest BCUT2D eigenvalue weighted by Gasteiger charge is -2.33. The Morgan fingerprint density at radius 2 is 1.73 bits per heavy atom. The maximum Gasteiger partial charge on any atom is 0.411 e. The van der Waals surface area contributed by atoms with Crippen molar-refractivity contribution in [2.45, 2.75) is 39.0 Å². The first-order valence-electron chi connectivity index (χ1n) is 11.4. The van der Waals surface area contributed by atoms with Gasteiger partial charge in [0.05, 0.1) is 18.1 Å². The second-order valence-electron chi connectivity index (χ2n) is 7.92. The molecule has 8 heteroatoms. The molecule has 8 nitrogen and oxygen atoms in total. The highest BCUT2D eigenvalue weighted by Crippen LogP contribution is 2.36. The summed E-state index contributed by atoms with van der Waals surface area (Å²) in [6, 6.07) is 11.9. The van der Waals surface area contributed by atoms with Gasteiger partial charge in [0.15, 0.2) is 0 Å². The first-order valence-corrected chi connectivity index (χ1v) is 11.4. The van der Waals surface area contributed by atoms with Crippen molar-refractivity contribution in [3.63, 3.8) is 0 Å². The third-order valence-corrected chi connectivity index (χ3v) is 5.66. The lowest BCUT2D eigenvalue weighted by Crippen LogP contribution is -2.34. The molecule has 1 heterocycles. The number of likely N-dealkylation sites (N-methyl/N-ethyl adjacent to an activating group) is 1. The Bertz CT molecular complexity index is 984. The normalized spacial score (nSPS) is 14.3. The molecule has 0 spiro atoms. The Labute approximate surface area is 193 Å². The number of hydrogen-bond acceptors (Lipinski definition) is 5. The summed E-state index contributed by atoms with van der Waals surface area (Å²) in [6.45, 7) is 6.07. The van der Waals surface area contributed by atoms with Crippen LogP contribution in [0.2, 0.25) is 0 Å². The standard InChI is InChI=1S/C25H31N3O5/c1-3-26-23(29)22(17-8-10-18(11-9-17)24(30)31)20-16-19(27-25(32)33-4-2)12-13-21(20)28-14-6-5-7-15-28/h8-13,16,22H,3-7,14-15H2,1-2H3,(H,26,29)(H,27,32)(H,30,31). The number of aromatic carboxylic acids is 1. The monoisotopic (exact) mass is 453 g/mol. The van der Waals surface area contributed by atoms with E-state index >= 15 is 0 Å². The van der Waals surface area contributed by atoms with Crippen molar-refractivity contribution in [2.75, 3.05) is 36.5 Å². The Balaban J connectivity index is 2.10. The van der Waals surface area contributed by atoms with Crippen LogP contribution in [-0.2, 0) is 9.53 Å². The Morgan fingerprint density at radius 1 is 1.03 bits per heavy atom. The summed E-state index contributed by atoms with van der Waals surface area (Å²) in [6.07, 6.45) is 2.75. The molecule has 0 radical (unpaired) electrons. The summed E-state index contributed by atoms with van der Waals surface area (Å²) < 4.78 is 5.00. The van der Waals surface area contributed by atoms with Gasteiger partial charge in [0.25, 0.3) is 0 Å². The molecule has 2 aromatic carbocycles. The molecule has 0 saturated carbocycles. The average molecular weight is 454 g/mol. The Kier molecular flexibility index (Phi) is 8.29. The van der Waals surface area contributed by atoms with Gasteiger partial charge in [-0.15, -0.1) is 0 Å². The number of anilines is 2. The Hall–Kier alpha value is -3.55. The minimum absolute atomic E-state index is 0.155. The topological polar surface area (TPSA) is 108 Å². The number of piperidine rings is 1. The molecule has 2 aromatic rings. The highest BCUT2D eigenvalue weighted by molar-refractivity contribution is 5.92. The predicted octanol–water partition coefficient (Wildman–Crippen LogP) is 4.21. The van der Waals surface area contributed by atoms with Crippen molar-refractivity contribution in [2.24, 2.45) is 0 Å². The number of carboxylic acid groups (broad SMARTS) is 1. The number of benzene rings is 2. The van der Waals surface area contributed by atoms with E-state index in [1.54, 1.807) is 19.1 Å². The summed E-state index contributed by atoms with van der Waals surface area (Å²) in [5.41, 5.74) is 3.04. The van der Waals surface area contributed by atoms with Crippen LogP contribution in [0.5, 0.6) is 0 Å². The molecule has 1 unspecified atom stereocenters. The van der Waals surface area contributed by atoms with Gasteiger partial charge in [-0.2, -0.15) is 0 Å². The van der Waals surface area contributed by atoms with E-state index in [-0.39, 0.29) is 18.1 Å². The summed E-state index contributed by atoms with van der Waals surface area (Å²) in [5.74, 6) is -1.88. The highest BCUT2D eigenvalue weighted by Gasteiger charge is 2.28. The molecular formula is C25H31N3O5. The lowest BCUT2D eigenvalue weighted by molar-refractivity contribution is -0.121. The van der Waals surface area contributed by atoms with E-state index in [2.05, 4.69) is 15.5 Å². The Morgan fingerprint density at radius 3 is 2.33 bits per heavy atom. The largest absolute Gasteiger partial charge is 0.478 e. The van der Waals surface area contributed by atoms with Crippen molar-refractivity contribution >= 4 is 29.3 Å². The van der Waals surface area contributed by atoms with E-state index in [9.17, 15) is 19.5 Å². The second-order valence-corrected chi connectivity index (χ2v) is 7.92. The van der Waals surface area contributed by atoms with E-state index in [0.29, 0.717) is 17.8 Å². The molecule has 3 rings (SSSR count). The number of carboxylic acids is 1. The number of nitrogens with one attached hydrogen (secondary N) is 2. The van der Waals surface area contributed by atoms with Crippen LogP contribution in [0.1, 0.15) is 60.5 Å². The van der Waals surface area contributed by atoms with Crippen LogP contribution >= 0.6 is 0 Å². The van der Waals surface area contributed by atoms with Crippen molar-refractivity contribution < 1.29 is 24.2 Å². The molecule has 33 heavy (non-hydrogen) atoms. The van der Waals surface area contributed by atoms with Crippen molar-refractivity contribution in [3.8, 4) is 0 Å². The lowest BCUT2D eigenvalue weighted by atomic mass is 9.87. The van der Waals surface area contributed by atoms with E-state index in [1.165, 1.54) is 18.6 Å². The number of hydrogen-bond donors (Lipinski definition) is 3. The SMILES string of the molecule is CCNC(=O)C(c1ccc(C(=O)O)cc1)c1cc(NC(=O)OCC)ccc1N1CCCCC1. The fraction of sp³-hybridized carbons (Fsp3) is 0.400. The van der Waals surface area contributed by atoms with Crippen LogP contribution in [0.4, 0.5) is 16.2 Å². The molecule has 3 N–H and O–H groups in total. The number of carbonyl (C=O) groups is 3. The number of carbonyl (C=O) groups excluding carboxylic acids is 2. The van der Waals surface area contributed by atoms with Gasteiger partial charge >= 0.3 is 12.1 Å². The van der Waals surface area contributed by atoms with Gasteiger partial charge in [0.1, 0.15) is 0 Å². The van der Waals surface area contributed by atoms with E-state index in [0.717, 1.165) is 37.2 Å². The third kappa shape index (κ3) is 6.03. The van der Waals surface area contributed by atoms with Crippen LogP contribution in [-0.4, -0.2) is 49.3 Å². The molecule has 1 aliphatic heterocycles. The molecule has 2 amide bonds. The third-order valence-electron chi connectivity index (χ3n) is 5.66. The summed E-state index contributed by atoms with van der Waals surface area (Å²) in [5, 5.41) is 14.9. The zero-order chi connectivity index (χ0) is 23.8. The quantitative estimate of drug-likeness (QED) is 0.553. The zero-order valence-electron chi connectivity index (χ0n) is 19.1. The van der Waals surface area contributed by atoms with Gasteiger partial charge in [0, 0.05) is 31.0 Å². The predicted molar refractivity (Wildman–Crippen MR) is 127 cm³/mol.